The average molecular weight is 519 g/mol. The van der Waals surface area contributed by atoms with Crippen molar-refractivity contribution in [2.24, 2.45) is 0 Å². The fourth-order valence-electron chi connectivity index (χ4n) is 6.28. The highest BCUT2D eigenvalue weighted by Gasteiger charge is 2.28. The summed E-state index contributed by atoms with van der Waals surface area (Å²) in [4.78, 5) is 0. The molecule has 0 radical (unpaired) electrons. The average Bonchev–Trinajstić information content (AvgIpc) is 3.39. The Labute approximate surface area is 228 Å². The number of phenolic OH excluding ortho intramolecular Hbond substituents is 3. The topological polar surface area (TPSA) is 73.8 Å². The molecule has 0 saturated carbocycles. The van der Waals surface area contributed by atoms with E-state index in [2.05, 4.69) is 48.5 Å². The van der Waals surface area contributed by atoms with Crippen LogP contribution in [-0.4, -0.2) is 15.3 Å². The molecule has 0 saturated heterocycles. The van der Waals surface area contributed by atoms with Crippen molar-refractivity contribution in [2.45, 2.75) is 0 Å². The molecule has 0 aliphatic heterocycles. The molecule has 0 bridgehead atoms. The molecule has 3 N–H and O–H groups in total. The molecular weight excluding hydrogens is 496 g/mol. The SMILES string of the molecule is Oc1c(O)c(O)c2c(oc3ccccc32)c1-c1c2ccccc2c(-c2cccc3ccccc23)c2ccccc12. The van der Waals surface area contributed by atoms with Gasteiger partial charge >= 0.3 is 0 Å². The molecular formula is C36H22O4. The molecule has 4 heteroatoms. The maximum absolute atomic E-state index is 11.4. The minimum Gasteiger partial charge on any atom is -0.504 e. The molecule has 40 heavy (non-hydrogen) atoms. The van der Waals surface area contributed by atoms with Gasteiger partial charge < -0.3 is 19.7 Å². The molecule has 8 aromatic rings. The van der Waals surface area contributed by atoms with Crippen molar-refractivity contribution in [3.05, 3.63) is 115 Å². The molecule has 0 spiro atoms. The summed E-state index contributed by atoms with van der Waals surface area (Å²) in [6.07, 6.45) is 0. The van der Waals surface area contributed by atoms with E-state index in [-0.39, 0.29) is 0 Å². The Morgan fingerprint density at radius 1 is 0.400 bits per heavy atom. The first kappa shape index (κ1) is 22.5. The second-order valence-electron chi connectivity index (χ2n) is 10.1. The third kappa shape index (κ3) is 2.96. The number of para-hydroxylation sites is 1. The molecule has 190 valence electrons. The van der Waals surface area contributed by atoms with Gasteiger partial charge in [-0.1, -0.05) is 109 Å². The normalized spacial score (nSPS) is 11.8. The van der Waals surface area contributed by atoms with Gasteiger partial charge in [0.25, 0.3) is 0 Å². The van der Waals surface area contributed by atoms with E-state index >= 15 is 0 Å². The summed E-state index contributed by atoms with van der Waals surface area (Å²) in [5.74, 6) is -1.39. The first-order valence-corrected chi connectivity index (χ1v) is 13.1. The number of hydrogen-bond donors (Lipinski definition) is 3. The van der Waals surface area contributed by atoms with Crippen molar-refractivity contribution in [1.82, 2.24) is 0 Å². The minimum atomic E-state index is -0.569. The van der Waals surface area contributed by atoms with Crippen LogP contribution >= 0.6 is 0 Å². The van der Waals surface area contributed by atoms with Crippen LogP contribution in [0.15, 0.2) is 120 Å². The Bertz CT molecular complexity index is 2250. The minimum absolute atomic E-state index is 0.321. The third-order valence-corrected chi connectivity index (χ3v) is 7.99. The number of phenols is 3. The molecule has 0 aliphatic rings. The van der Waals surface area contributed by atoms with E-state index in [0.717, 1.165) is 49.0 Å². The van der Waals surface area contributed by atoms with Crippen molar-refractivity contribution in [3.8, 4) is 39.5 Å². The summed E-state index contributed by atoms with van der Waals surface area (Å²) in [6.45, 7) is 0. The fourth-order valence-corrected chi connectivity index (χ4v) is 6.28. The highest BCUT2D eigenvalue weighted by molar-refractivity contribution is 6.27. The Kier molecular flexibility index (Phi) is 4.64. The Morgan fingerprint density at radius 3 is 1.60 bits per heavy atom. The zero-order valence-corrected chi connectivity index (χ0v) is 21.2. The third-order valence-electron chi connectivity index (χ3n) is 7.99. The van der Waals surface area contributed by atoms with Gasteiger partial charge in [-0.05, 0) is 49.5 Å². The van der Waals surface area contributed by atoms with Crippen molar-refractivity contribution in [1.29, 1.82) is 0 Å². The zero-order valence-electron chi connectivity index (χ0n) is 21.2. The summed E-state index contributed by atoms with van der Waals surface area (Å²) in [5.41, 5.74) is 4.16. The van der Waals surface area contributed by atoms with E-state index in [9.17, 15) is 15.3 Å². The zero-order chi connectivity index (χ0) is 27.0. The van der Waals surface area contributed by atoms with Gasteiger partial charge in [0, 0.05) is 10.9 Å². The van der Waals surface area contributed by atoms with E-state index in [0.29, 0.717) is 27.5 Å². The van der Waals surface area contributed by atoms with Crippen LogP contribution in [0.2, 0.25) is 0 Å². The number of aromatic hydroxyl groups is 3. The number of rotatable bonds is 2. The first-order valence-electron chi connectivity index (χ1n) is 13.1. The van der Waals surface area contributed by atoms with Crippen LogP contribution in [0.25, 0.3) is 76.5 Å². The Balaban J connectivity index is 1.61. The maximum atomic E-state index is 11.4. The predicted molar refractivity (Wildman–Crippen MR) is 162 cm³/mol. The number of furan rings is 1. The van der Waals surface area contributed by atoms with E-state index in [1.807, 2.05) is 66.7 Å². The van der Waals surface area contributed by atoms with E-state index in [4.69, 9.17) is 4.42 Å². The van der Waals surface area contributed by atoms with Gasteiger partial charge in [-0.25, -0.2) is 0 Å². The summed E-state index contributed by atoms with van der Waals surface area (Å²) < 4.78 is 6.29. The molecule has 0 amide bonds. The highest BCUT2D eigenvalue weighted by Crippen LogP contribution is 2.55. The lowest BCUT2D eigenvalue weighted by Gasteiger charge is -2.19. The van der Waals surface area contributed by atoms with Gasteiger partial charge in [-0.2, -0.15) is 0 Å². The summed E-state index contributed by atoms with van der Waals surface area (Å²) >= 11 is 0. The molecule has 1 heterocycles. The van der Waals surface area contributed by atoms with Gasteiger partial charge in [-0.15, -0.1) is 0 Å². The van der Waals surface area contributed by atoms with E-state index in [1.54, 1.807) is 0 Å². The smallest absolute Gasteiger partial charge is 0.201 e. The molecule has 4 nitrogen and oxygen atoms in total. The number of benzene rings is 7. The number of fused-ring (bicyclic) bond motifs is 6. The van der Waals surface area contributed by atoms with Gasteiger partial charge in [0.05, 0.1) is 10.9 Å². The monoisotopic (exact) mass is 518 g/mol. The van der Waals surface area contributed by atoms with Gasteiger partial charge in [0.1, 0.15) is 5.58 Å². The van der Waals surface area contributed by atoms with Crippen molar-refractivity contribution in [2.75, 3.05) is 0 Å². The lowest BCUT2D eigenvalue weighted by Crippen LogP contribution is -1.92. The summed E-state index contributed by atoms with van der Waals surface area (Å²) in [6, 6.07) is 38.3. The predicted octanol–water partition coefficient (Wildman–Crippen LogP) is 9.50. The second-order valence-corrected chi connectivity index (χ2v) is 10.1. The standard InChI is InChI=1S/C36H22O4/c37-33-31-27-17-7-8-19-28(27)40-36(31)32(34(38)35(33)39)30-25-15-5-3-13-23(25)29(24-14-4-6-16-26(24)30)22-18-9-11-20-10-1-2-12-21(20)22/h1-19,37-39H. The Hall–Kier alpha value is -5.48. The van der Waals surface area contributed by atoms with Crippen molar-refractivity contribution < 1.29 is 19.7 Å². The molecule has 7 aromatic carbocycles. The summed E-state index contributed by atoms with van der Waals surface area (Å²) in [7, 11) is 0. The Morgan fingerprint density at radius 2 is 0.925 bits per heavy atom. The van der Waals surface area contributed by atoms with Gasteiger partial charge in [0.15, 0.2) is 17.1 Å². The molecule has 0 atom stereocenters. The quantitative estimate of drug-likeness (QED) is 0.157. The first-order chi connectivity index (χ1) is 19.6. The van der Waals surface area contributed by atoms with Crippen LogP contribution in [0.1, 0.15) is 0 Å². The number of hydrogen-bond acceptors (Lipinski definition) is 4. The van der Waals surface area contributed by atoms with Gasteiger partial charge in [0.2, 0.25) is 5.75 Å². The highest BCUT2D eigenvalue weighted by atomic mass is 16.3. The lowest BCUT2D eigenvalue weighted by molar-refractivity contribution is 0.372. The van der Waals surface area contributed by atoms with Crippen molar-refractivity contribution >= 4 is 54.3 Å². The van der Waals surface area contributed by atoms with Crippen LogP contribution in [0, 0.1) is 0 Å². The van der Waals surface area contributed by atoms with E-state index < -0.39 is 17.2 Å². The fraction of sp³-hybridized carbons (Fsp3) is 0. The molecule has 0 fully saturated rings. The molecule has 1 aromatic heterocycles. The lowest BCUT2D eigenvalue weighted by atomic mass is 9.84. The van der Waals surface area contributed by atoms with E-state index in [1.165, 1.54) is 0 Å². The maximum Gasteiger partial charge on any atom is 0.201 e. The van der Waals surface area contributed by atoms with Gasteiger partial charge in [-0.3, -0.25) is 0 Å². The van der Waals surface area contributed by atoms with Crippen LogP contribution < -0.4 is 0 Å². The van der Waals surface area contributed by atoms with Crippen LogP contribution in [0.3, 0.4) is 0 Å². The summed E-state index contributed by atoms with van der Waals surface area (Å²) in [5, 5.41) is 40.5. The molecule has 8 rings (SSSR count). The second kappa shape index (κ2) is 8.26. The van der Waals surface area contributed by atoms with Crippen molar-refractivity contribution in [3.63, 3.8) is 0 Å². The van der Waals surface area contributed by atoms with Crippen LogP contribution in [-0.2, 0) is 0 Å². The molecule has 0 aliphatic carbocycles. The molecule has 0 unspecified atom stereocenters. The largest absolute Gasteiger partial charge is 0.504 e. The van der Waals surface area contributed by atoms with Crippen LogP contribution in [0.5, 0.6) is 17.2 Å². The van der Waals surface area contributed by atoms with Crippen LogP contribution in [0.4, 0.5) is 0 Å².